The summed E-state index contributed by atoms with van der Waals surface area (Å²) in [5.74, 6) is -2.17. The van der Waals surface area contributed by atoms with Crippen LogP contribution in [0.5, 0.6) is 11.8 Å². The Labute approximate surface area is 190 Å². The van der Waals surface area contributed by atoms with Gasteiger partial charge in [0.1, 0.15) is 30.1 Å². The number of hydrogen-bond donors (Lipinski definition) is 2. The number of ether oxygens (including phenoxy) is 3. The van der Waals surface area contributed by atoms with Crippen molar-refractivity contribution in [3.63, 3.8) is 0 Å². The third kappa shape index (κ3) is 4.70. The minimum Gasteiger partial charge on any atom is -0.470 e. The third-order valence-corrected chi connectivity index (χ3v) is 5.02. The van der Waals surface area contributed by atoms with Crippen LogP contribution in [0, 0.1) is 17.1 Å². The van der Waals surface area contributed by atoms with Crippen LogP contribution in [0.3, 0.4) is 0 Å². The molecule has 2 N–H and O–H groups in total. The quantitative estimate of drug-likeness (QED) is 0.501. The highest BCUT2D eigenvalue weighted by atomic mass is 19.1. The van der Waals surface area contributed by atoms with Crippen molar-refractivity contribution in [2.75, 3.05) is 6.61 Å². The Hall–Kier alpha value is -4.34. The number of aliphatic hydroxyl groups excluding tert-OH is 1. The maximum Gasteiger partial charge on any atom is 0.344 e. The summed E-state index contributed by atoms with van der Waals surface area (Å²) in [4.78, 5) is 41.5. The Bertz CT molecular complexity index is 1370. The summed E-state index contributed by atoms with van der Waals surface area (Å²) in [6.07, 6.45) is -2.28. The normalized spacial score (nSPS) is 19.4. The lowest BCUT2D eigenvalue weighted by Crippen LogP contribution is -2.34. The van der Waals surface area contributed by atoms with E-state index in [1.54, 1.807) is 30.3 Å². The van der Waals surface area contributed by atoms with Gasteiger partial charge in [0.15, 0.2) is 0 Å². The molecule has 3 heterocycles. The average molecular weight is 468 g/mol. The van der Waals surface area contributed by atoms with Crippen LogP contribution >= 0.6 is 0 Å². The van der Waals surface area contributed by atoms with Gasteiger partial charge in [-0.2, -0.15) is 14.6 Å². The molecule has 1 saturated heterocycles. The molecule has 1 aliphatic heterocycles. The number of nitriles is 1. The number of nitrogens with zero attached hydrogens (tertiary/aromatic N) is 3. The summed E-state index contributed by atoms with van der Waals surface area (Å²) in [7, 11) is 0. The molecule has 0 radical (unpaired) electrons. The van der Waals surface area contributed by atoms with Gasteiger partial charge in [0.2, 0.25) is 17.6 Å². The molecule has 3 atom stereocenters. The number of benzene rings is 1. The van der Waals surface area contributed by atoms with Crippen LogP contribution in [-0.2, 0) is 4.74 Å². The van der Waals surface area contributed by atoms with Gasteiger partial charge >= 0.3 is 11.7 Å². The highest BCUT2D eigenvalue weighted by Crippen LogP contribution is 2.32. The van der Waals surface area contributed by atoms with Crippen molar-refractivity contribution >= 4 is 5.97 Å². The number of aliphatic hydroxyl groups is 1. The second kappa shape index (κ2) is 9.65. The van der Waals surface area contributed by atoms with Crippen LogP contribution in [0.25, 0.3) is 0 Å². The predicted molar refractivity (Wildman–Crippen MR) is 112 cm³/mol. The first-order valence-electron chi connectivity index (χ1n) is 10.0. The second-order valence-electron chi connectivity index (χ2n) is 7.22. The third-order valence-electron chi connectivity index (χ3n) is 5.02. The summed E-state index contributed by atoms with van der Waals surface area (Å²) >= 11 is 0. The Morgan fingerprint density at radius 3 is 2.76 bits per heavy atom. The molecule has 1 aliphatic rings. The van der Waals surface area contributed by atoms with Crippen molar-refractivity contribution < 1.29 is 28.5 Å². The molecular weight excluding hydrogens is 451 g/mol. The summed E-state index contributed by atoms with van der Waals surface area (Å²) in [6, 6.07) is 12.8. The van der Waals surface area contributed by atoms with Gasteiger partial charge in [0.25, 0.3) is 5.56 Å². The van der Waals surface area contributed by atoms with Crippen molar-refractivity contribution in [3.05, 3.63) is 86.4 Å². The van der Waals surface area contributed by atoms with E-state index < -0.39 is 48.1 Å². The van der Waals surface area contributed by atoms with Gasteiger partial charge in [-0.1, -0.05) is 18.2 Å². The molecule has 12 heteroatoms. The Balaban J connectivity index is 1.56. The summed E-state index contributed by atoms with van der Waals surface area (Å²) < 4.78 is 31.1. The molecule has 0 spiro atoms. The highest BCUT2D eigenvalue weighted by Gasteiger charge is 2.39. The average Bonchev–Trinajstić information content (AvgIpc) is 3.24. The monoisotopic (exact) mass is 468 g/mol. The van der Waals surface area contributed by atoms with E-state index in [9.17, 15) is 29.1 Å². The standard InChI is InChI=1S/C22H17FN4O7/c23-14-10-27(22(31)26-19(14)29)18-8-15(16(11-28)32-18)33-20-13(9-24)6-7-17(25-20)34-21(30)12-4-2-1-3-5-12/h1-7,10,15-16,18,28H,8,11H2,(H,26,29,31)/t15-,16+,18+/m0/s1. The Kier molecular flexibility index (Phi) is 6.48. The molecule has 0 aliphatic carbocycles. The van der Waals surface area contributed by atoms with Crippen molar-refractivity contribution in [2.45, 2.75) is 24.9 Å². The predicted octanol–water partition coefficient (Wildman–Crippen LogP) is 0.889. The Morgan fingerprint density at radius 2 is 2.06 bits per heavy atom. The molecule has 0 bridgehead atoms. The van der Waals surface area contributed by atoms with E-state index in [4.69, 9.17) is 14.2 Å². The number of aromatic nitrogens is 3. The van der Waals surface area contributed by atoms with Crippen molar-refractivity contribution in [3.8, 4) is 17.8 Å². The van der Waals surface area contributed by atoms with Gasteiger partial charge < -0.3 is 19.3 Å². The summed E-state index contributed by atoms with van der Waals surface area (Å²) in [5.41, 5.74) is -1.76. The number of rotatable bonds is 6. The van der Waals surface area contributed by atoms with Gasteiger partial charge in [0, 0.05) is 12.5 Å². The fourth-order valence-electron chi connectivity index (χ4n) is 3.36. The van der Waals surface area contributed by atoms with Crippen molar-refractivity contribution in [1.82, 2.24) is 14.5 Å². The number of aromatic amines is 1. The van der Waals surface area contributed by atoms with Crippen LogP contribution in [0.1, 0.15) is 28.6 Å². The van der Waals surface area contributed by atoms with Crippen LogP contribution in [0.2, 0.25) is 0 Å². The molecule has 0 amide bonds. The SMILES string of the molecule is N#Cc1ccc(OC(=O)c2ccccc2)nc1O[C@H]1C[C@H](n2cc(F)c(=O)[nH]c2=O)O[C@@H]1CO. The topological polar surface area (TPSA) is 157 Å². The molecule has 1 aromatic carbocycles. The molecule has 3 aromatic rings. The maximum absolute atomic E-state index is 13.7. The maximum atomic E-state index is 13.7. The molecule has 2 aromatic heterocycles. The van der Waals surface area contributed by atoms with Crippen LogP contribution in [-0.4, -0.2) is 44.4 Å². The number of esters is 1. The number of nitrogens with one attached hydrogen (secondary N) is 1. The van der Waals surface area contributed by atoms with E-state index in [0.29, 0.717) is 11.8 Å². The van der Waals surface area contributed by atoms with Crippen LogP contribution in [0.4, 0.5) is 4.39 Å². The number of hydrogen-bond acceptors (Lipinski definition) is 9. The number of carbonyl (C=O) groups excluding carboxylic acids is 1. The second-order valence-corrected chi connectivity index (χ2v) is 7.22. The number of carbonyl (C=O) groups is 1. The first-order valence-corrected chi connectivity index (χ1v) is 10.0. The van der Waals surface area contributed by atoms with Gasteiger partial charge in [-0.3, -0.25) is 14.3 Å². The van der Waals surface area contributed by atoms with Crippen molar-refractivity contribution in [2.24, 2.45) is 0 Å². The zero-order chi connectivity index (χ0) is 24.2. The van der Waals surface area contributed by atoms with Crippen LogP contribution in [0.15, 0.2) is 58.3 Å². The van der Waals surface area contributed by atoms with Gasteiger partial charge in [-0.25, -0.2) is 9.59 Å². The first kappa shape index (κ1) is 22.8. The zero-order valence-electron chi connectivity index (χ0n) is 17.4. The lowest BCUT2D eigenvalue weighted by Gasteiger charge is -2.18. The van der Waals surface area contributed by atoms with E-state index in [1.165, 1.54) is 12.1 Å². The lowest BCUT2D eigenvalue weighted by molar-refractivity contribution is -0.0430. The molecular formula is C22H17FN4O7. The van der Waals surface area contributed by atoms with E-state index in [-0.39, 0.29) is 23.7 Å². The Morgan fingerprint density at radius 1 is 1.29 bits per heavy atom. The largest absolute Gasteiger partial charge is 0.470 e. The number of halogens is 1. The molecule has 0 unspecified atom stereocenters. The number of H-pyrrole nitrogens is 1. The van der Waals surface area contributed by atoms with E-state index in [1.807, 2.05) is 11.1 Å². The van der Waals surface area contributed by atoms with E-state index >= 15 is 0 Å². The fraction of sp³-hybridized carbons (Fsp3) is 0.227. The molecule has 34 heavy (non-hydrogen) atoms. The molecule has 1 fully saturated rings. The van der Waals surface area contributed by atoms with Gasteiger partial charge in [-0.15, -0.1) is 0 Å². The minimum absolute atomic E-state index is 0.0203. The molecule has 0 saturated carbocycles. The van der Waals surface area contributed by atoms with Gasteiger partial charge in [-0.05, 0) is 18.2 Å². The minimum atomic E-state index is -1.19. The summed E-state index contributed by atoms with van der Waals surface area (Å²) in [6.45, 7) is -0.522. The first-order chi connectivity index (χ1) is 16.4. The highest BCUT2D eigenvalue weighted by molar-refractivity contribution is 5.90. The zero-order valence-corrected chi connectivity index (χ0v) is 17.4. The molecule has 11 nitrogen and oxygen atoms in total. The van der Waals surface area contributed by atoms with Crippen LogP contribution < -0.4 is 20.7 Å². The van der Waals surface area contributed by atoms with Gasteiger partial charge in [0.05, 0.1) is 18.4 Å². The summed E-state index contributed by atoms with van der Waals surface area (Å²) in [5, 5.41) is 19.1. The van der Waals surface area contributed by atoms with E-state index in [2.05, 4.69) is 4.98 Å². The van der Waals surface area contributed by atoms with E-state index in [0.717, 1.165) is 4.57 Å². The molecule has 4 rings (SSSR count). The number of pyridine rings is 1. The fourth-order valence-corrected chi connectivity index (χ4v) is 3.36. The smallest absolute Gasteiger partial charge is 0.344 e. The molecule has 174 valence electrons. The van der Waals surface area contributed by atoms with Crippen molar-refractivity contribution in [1.29, 1.82) is 5.26 Å². The lowest BCUT2D eigenvalue weighted by atomic mass is 10.2.